The topological polar surface area (TPSA) is 54.6 Å². The lowest BCUT2D eigenvalue weighted by Gasteiger charge is -2.11. The summed E-state index contributed by atoms with van der Waals surface area (Å²) >= 11 is 9.61. The first-order valence-electron chi connectivity index (χ1n) is 7.89. The molecule has 6 heteroatoms. The maximum absolute atomic E-state index is 11.1. The predicted molar refractivity (Wildman–Crippen MR) is 109 cm³/mol. The Morgan fingerprint density at radius 3 is 2.58 bits per heavy atom. The molecule has 132 valence electrons. The second-order valence-corrected chi connectivity index (χ2v) is 7.10. The number of hydrogen-bond donors (Lipinski definition) is 1. The van der Waals surface area contributed by atoms with E-state index in [0.29, 0.717) is 0 Å². The molecule has 4 nitrogen and oxygen atoms in total. The Balaban J connectivity index is 2.00. The molecule has 0 aliphatic rings. The lowest BCUT2D eigenvalue weighted by Crippen LogP contribution is -2.02. The van der Waals surface area contributed by atoms with Crippen LogP contribution in [0.5, 0.6) is 0 Å². The molecule has 2 aromatic carbocycles. The average molecular weight is 432 g/mol. The summed E-state index contributed by atoms with van der Waals surface area (Å²) in [6, 6.07) is 14.7. The third-order valence-electron chi connectivity index (χ3n) is 4.11. The Bertz CT molecular complexity index is 1020. The summed E-state index contributed by atoms with van der Waals surface area (Å²) in [6.07, 6.45) is 1.83. The van der Waals surface area contributed by atoms with Gasteiger partial charge < -0.3 is 9.67 Å². The van der Waals surface area contributed by atoms with Gasteiger partial charge in [-0.2, -0.15) is 0 Å². The maximum atomic E-state index is 11.1. The van der Waals surface area contributed by atoms with Crippen molar-refractivity contribution in [1.29, 1.82) is 0 Å². The number of nitrogens with zero attached hydrogens (tertiary/aromatic N) is 2. The molecule has 26 heavy (non-hydrogen) atoms. The molecule has 0 bridgehead atoms. The molecule has 0 unspecified atom stereocenters. The first-order valence-corrected chi connectivity index (χ1v) is 9.06. The third-order valence-corrected chi connectivity index (χ3v) is 5.09. The number of aromatic carboxylic acids is 1. The Labute approximate surface area is 164 Å². The minimum atomic E-state index is -1.04. The van der Waals surface area contributed by atoms with Crippen molar-refractivity contribution < 1.29 is 9.90 Å². The number of aliphatic imine (C=N–C) groups is 1. The zero-order valence-electron chi connectivity index (χ0n) is 14.2. The fourth-order valence-corrected chi connectivity index (χ4v) is 3.47. The zero-order valence-corrected chi connectivity index (χ0v) is 16.5. The van der Waals surface area contributed by atoms with Crippen LogP contribution in [0, 0.1) is 13.8 Å². The van der Waals surface area contributed by atoms with Crippen LogP contribution in [0.15, 0.2) is 58.0 Å². The van der Waals surface area contributed by atoms with Crippen molar-refractivity contribution in [2.75, 3.05) is 0 Å². The number of carbonyl (C=O) groups is 1. The van der Waals surface area contributed by atoms with E-state index in [1.165, 1.54) is 6.07 Å². The molecule has 0 spiro atoms. The van der Waals surface area contributed by atoms with Gasteiger partial charge in [-0.05, 0) is 66.2 Å². The van der Waals surface area contributed by atoms with Crippen molar-refractivity contribution in [2.45, 2.75) is 13.8 Å². The maximum Gasteiger partial charge on any atom is 0.337 e. The van der Waals surface area contributed by atoms with Crippen molar-refractivity contribution >= 4 is 45.4 Å². The number of carboxylic acid groups (broad SMARTS) is 1. The quantitative estimate of drug-likeness (QED) is 0.518. The molecule has 0 atom stereocenters. The molecular formula is C20H16BrClN2O2. The number of benzene rings is 2. The molecule has 3 rings (SSSR count). The summed E-state index contributed by atoms with van der Waals surface area (Å²) in [6.45, 7) is 3.98. The molecule has 0 aliphatic heterocycles. The van der Waals surface area contributed by atoms with E-state index < -0.39 is 5.97 Å². The predicted octanol–water partition coefficient (Wildman–Crippen LogP) is 5.96. The molecule has 3 aromatic rings. The van der Waals surface area contributed by atoms with Crippen molar-refractivity contribution in [3.63, 3.8) is 0 Å². The van der Waals surface area contributed by atoms with Crippen LogP contribution in [0.1, 0.15) is 27.3 Å². The molecule has 0 aliphatic carbocycles. The van der Waals surface area contributed by atoms with Crippen molar-refractivity contribution in [1.82, 2.24) is 4.57 Å². The van der Waals surface area contributed by atoms with E-state index in [1.807, 2.05) is 55.0 Å². The van der Waals surface area contributed by atoms with Crippen LogP contribution >= 0.6 is 27.5 Å². The van der Waals surface area contributed by atoms with E-state index >= 15 is 0 Å². The number of aryl methyl sites for hydroxylation is 1. The summed E-state index contributed by atoms with van der Waals surface area (Å²) in [5.41, 5.74) is 4.75. The number of aromatic nitrogens is 1. The van der Waals surface area contributed by atoms with E-state index in [2.05, 4.69) is 20.9 Å². The van der Waals surface area contributed by atoms with Crippen LogP contribution in [0.3, 0.4) is 0 Å². The van der Waals surface area contributed by atoms with Gasteiger partial charge in [-0.25, -0.2) is 4.79 Å². The number of halogens is 2. The first-order chi connectivity index (χ1) is 12.4. The van der Waals surface area contributed by atoms with Gasteiger partial charge in [0, 0.05) is 33.3 Å². The number of para-hydroxylation sites is 1. The smallest absolute Gasteiger partial charge is 0.337 e. The van der Waals surface area contributed by atoms with E-state index in [4.69, 9.17) is 16.7 Å². The van der Waals surface area contributed by atoms with E-state index in [9.17, 15) is 4.79 Å². The highest BCUT2D eigenvalue weighted by molar-refractivity contribution is 9.10. The first kappa shape index (κ1) is 18.4. The summed E-state index contributed by atoms with van der Waals surface area (Å²) in [7, 11) is 0. The molecule has 1 heterocycles. The Morgan fingerprint density at radius 2 is 1.92 bits per heavy atom. The summed E-state index contributed by atoms with van der Waals surface area (Å²) in [4.78, 5) is 15.7. The van der Waals surface area contributed by atoms with Gasteiger partial charge in [0.05, 0.1) is 16.3 Å². The van der Waals surface area contributed by atoms with Crippen LogP contribution in [0.25, 0.3) is 5.69 Å². The molecule has 1 aromatic heterocycles. The summed E-state index contributed by atoms with van der Waals surface area (Å²) in [5.74, 6) is -1.04. The Morgan fingerprint density at radius 1 is 1.19 bits per heavy atom. The Kier molecular flexibility index (Phi) is 5.30. The van der Waals surface area contributed by atoms with Crippen molar-refractivity contribution in [3.8, 4) is 5.69 Å². The molecule has 0 saturated heterocycles. The van der Waals surface area contributed by atoms with Crippen LogP contribution in [-0.2, 0) is 0 Å². The highest BCUT2D eigenvalue weighted by Crippen LogP contribution is 2.27. The van der Waals surface area contributed by atoms with Gasteiger partial charge in [0.25, 0.3) is 0 Å². The SMILES string of the molecule is Cc1cc(C=Nc2ccccc2Br)c(C)n1-c1ccc(C(=O)O)c(Cl)c1. The summed E-state index contributed by atoms with van der Waals surface area (Å²) < 4.78 is 2.96. The van der Waals surface area contributed by atoms with Crippen LogP contribution in [0.2, 0.25) is 5.02 Å². The lowest BCUT2D eigenvalue weighted by atomic mass is 10.2. The second kappa shape index (κ2) is 7.48. The van der Waals surface area contributed by atoms with Gasteiger partial charge in [-0.15, -0.1) is 0 Å². The highest BCUT2D eigenvalue weighted by Gasteiger charge is 2.13. The summed E-state index contributed by atoms with van der Waals surface area (Å²) in [5, 5.41) is 9.34. The third kappa shape index (κ3) is 3.59. The molecular weight excluding hydrogens is 416 g/mol. The lowest BCUT2D eigenvalue weighted by molar-refractivity contribution is 0.0697. The number of rotatable bonds is 4. The van der Waals surface area contributed by atoms with Crippen LogP contribution in [-0.4, -0.2) is 21.9 Å². The number of carboxylic acids is 1. The fraction of sp³-hybridized carbons (Fsp3) is 0.100. The Hall–Kier alpha value is -2.37. The minimum Gasteiger partial charge on any atom is -0.478 e. The highest BCUT2D eigenvalue weighted by atomic mass is 79.9. The van der Waals surface area contributed by atoms with Crippen LogP contribution < -0.4 is 0 Å². The van der Waals surface area contributed by atoms with Gasteiger partial charge in [-0.3, -0.25) is 4.99 Å². The van der Waals surface area contributed by atoms with Crippen molar-refractivity contribution in [3.05, 3.63) is 80.5 Å². The molecule has 0 saturated carbocycles. The molecule has 0 radical (unpaired) electrons. The molecule has 1 N–H and O–H groups in total. The van der Waals surface area contributed by atoms with E-state index in [-0.39, 0.29) is 10.6 Å². The zero-order chi connectivity index (χ0) is 18.8. The monoisotopic (exact) mass is 430 g/mol. The molecule has 0 fully saturated rings. The largest absolute Gasteiger partial charge is 0.478 e. The second-order valence-electron chi connectivity index (χ2n) is 5.84. The normalized spacial score (nSPS) is 11.2. The molecule has 0 amide bonds. The minimum absolute atomic E-state index is 0.0913. The van der Waals surface area contributed by atoms with Gasteiger partial charge in [0.2, 0.25) is 0 Å². The average Bonchev–Trinajstić information content (AvgIpc) is 2.87. The van der Waals surface area contributed by atoms with Gasteiger partial charge in [0.1, 0.15) is 0 Å². The van der Waals surface area contributed by atoms with E-state index in [0.717, 1.165) is 32.8 Å². The van der Waals surface area contributed by atoms with Gasteiger partial charge in [0.15, 0.2) is 0 Å². The standard InChI is InChI=1S/C20H16BrClN2O2/c1-12-9-14(11-23-19-6-4-3-5-17(19)21)13(2)24(12)15-7-8-16(20(25)26)18(22)10-15/h3-11H,1-2H3,(H,25,26). The van der Waals surface area contributed by atoms with Gasteiger partial charge >= 0.3 is 5.97 Å². The van der Waals surface area contributed by atoms with Crippen molar-refractivity contribution in [2.24, 2.45) is 4.99 Å². The van der Waals surface area contributed by atoms with Crippen LogP contribution in [0.4, 0.5) is 5.69 Å². The van der Waals surface area contributed by atoms with Gasteiger partial charge in [-0.1, -0.05) is 23.7 Å². The fourth-order valence-electron chi connectivity index (χ4n) is 2.83. The van der Waals surface area contributed by atoms with E-state index in [1.54, 1.807) is 12.1 Å². The number of hydrogen-bond acceptors (Lipinski definition) is 2.